The van der Waals surface area contributed by atoms with Crippen molar-refractivity contribution in [1.29, 1.82) is 0 Å². The molecule has 18 heavy (non-hydrogen) atoms. The normalized spacial score (nSPS) is 10.4. The zero-order valence-electron chi connectivity index (χ0n) is 11.3. The number of amides is 1. The van der Waals surface area contributed by atoms with Crippen molar-refractivity contribution in [1.82, 2.24) is 10.6 Å². The molecular formula is C14H22N2O2. The predicted octanol–water partition coefficient (Wildman–Crippen LogP) is 1.70. The van der Waals surface area contributed by atoms with E-state index in [1.165, 1.54) is 0 Å². The Morgan fingerprint density at radius 3 is 2.72 bits per heavy atom. The molecule has 1 aromatic rings. The smallest absolute Gasteiger partial charge is 0.223 e. The summed E-state index contributed by atoms with van der Waals surface area (Å²) in [5, 5.41) is 5.93. The number of para-hydroxylation sites is 1. The predicted molar refractivity (Wildman–Crippen MR) is 72.6 cm³/mol. The molecule has 0 spiro atoms. The third-order valence-electron chi connectivity index (χ3n) is 2.54. The first kappa shape index (κ1) is 14.5. The lowest BCUT2D eigenvalue weighted by atomic mass is 10.2. The first-order valence-corrected chi connectivity index (χ1v) is 6.28. The molecule has 100 valence electrons. The average Bonchev–Trinajstić information content (AvgIpc) is 2.37. The van der Waals surface area contributed by atoms with Crippen molar-refractivity contribution in [3.05, 3.63) is 29.8 Å². The minimum absolute atomic E-state index is 0.00668. The topological polar surface area (TPSA) is 50.4 Å². The van der Waals surface area contributed by atoms with Gasteiger partial charge in [0.05, 0.1) is 13.0 Å². The van der Waals surface area contributed by atoms with E-state index in [0.717, 1.165) is 17.9 Å². The Hall–Kier alpha value is -1.55. The Balaban J connectivity index is 2.50. The molecule has 1 amide bonds. The van der Waals surface area contributed by atoms with Crippen molar-refractivity contribution >= 4 is 5.91 Å². The van der Waals surface area contributed by atoms with Crippen LogP contribution < -0.4 is 15.4 Å². The number of nitrogens with one attached hydrogen (secondary N) is 2. The number of ether oxygens (including phenoxy) is 1. The third kappa shape index (κ3) is 5.19. The summed E-state index contributed by atoms with van der Waals surface area (Å²) in [4.78, 5) is 11.1. The minimum Gasteiger partial charge on any atom is -0.493 e. The van der Waals surface area contributed by atoms with Gasteiger partial charge in [0.1, 0.15) is 5.75 Å². The van der Waals surface area contributed by atoms with E-state index < -0.39 is 0 Å². The Morgan fingerprint density at radius 2 is 2.06 bits per heavy atom. The SMILES string of the molecule is CNC(=O)CCOc1ccccc1CNC(C)C. The zero-order valence-corrected chi connectivity index (χ0v) is 11.3. The van der Waals surface area contributed by atoms with Gasteiger partial charge in [0.25, 0.3) is 0 Å². The van der Waals surface area contributed by atoms with Crippen LogP contribution >= 0.6 is 0 Å². The molecule has 2 N–H and O–H groups in total. The van der Waals surface area contributed by atoms with E-state index in [2.05, 4.69) is 24.5 Å². The first-order chi connectivity index (χ1) is 8.63. The van der Waals surface area contributed by atoms with Gasteiger partial charge in [0.2, 0.25) is 5.91 Å². The Morgan fingerprint density at radius 1 is 1.33 bits per heavy atom. The van der Waals surface area contributed by atoms with Crippen molar-refractivity contribution < 1.29 is 9.53 Å². The van der Waals surface area contributed by atoms with Gasteiger partial charge < -0.3 is 15.4 Å². The Kier molecular flexibility index (Phi) is 6.22. The van der Waals surface area contributed by atoms with E-state index in [0.29, 0.717) is 19.1 Å². The van der Waals surface area contributed by atoms with Crippen LogP contribution in [0.3, 0.4) is 0 Å². The molecular weight excluding hydrogens is 228 g/mol. The maximum atomic E-state index is 11.1. The third-order valence-corrected chi connectivity index (χ3v) is 2.54. The van der Waals surface area contributed by atoms with Crippen LogP contribution in [0.2, 0.25) is 0 Å². The second-order valence-electron chi connectivity index (χ2n) is 4.41. The van der Waals surface area contributed by atoms with Gasteiger partial charge in [0.15, 0.2) is 0 Å². The Bertz CT molecular complexity index is 378. The van der Waals surface area contributed by atoms with Crippen molar-refractivity contribution in [3.63, 3.8) is 0 Å². The fraction of sp³-hybridized carbons (Fsp3) is 0.500. The molecule has 0 aliphatic rings. The Labute approximate surface area is 109 Å². The van der Waals surface area contributed by atoms with Crippen molar-refractivity contribution in [2.24, 2.45) is 0 Å². The molecule has 4 heteroatoms. The zero-order chi connectivity index (χ0) is 13.4. The largest absolute Gasteiger partial charge is 0.493 e. The van der Waals surface area contributed by atoms with Gasteiger partial charge in [-0.15, -0.1) is 0 Å². The summed E-state index contributed by atoms with van der Waals surface area (Å²) >= 11 is 0. The highest BCUT2D eigenvalue weighted by molar-refractivity contribution is 5.75. The molecule has 0 heterocycles. The highest BCUT2D eigenvalue weighted by Crippen LogP contribution is 2.18. The maximum absolute atomic E-state index is 11.1. The van der Waals surface area contributed by atoms with Crippen LogP contribution in [0.5, 0.6) is 5.75 Å². The fourth-order valence-corrected chi connectivity index (χ4v) is 1.48. The lowest BCUT2D eigenvalue weighted by Crippen LogP contribution is -2.23. The fourth-order valence-electron chi connectivity index (χ4n) is 1.48. The molecule has 0 unspecified atom stereocenters. The van der Waals surface area contributed by atoms with Gasteiger partial charge in [-0.05, 0) is 6.07 Å². The molecule has 1 aromatic carbocycles. The van der Waals surface area contributed by atoms with Crippen LogP contribution in [-0.2, 0) is 11.3 Å². The van der Waals surface area contributed by atoms with Crippen LogP contribution in [0.15, 0.2) is 24.3 Å². The molecule has 1 rings (SSSR count). The summed E-state index contributed by atoms with van der Waals surface area (Å²) < 4.78 is 5.64. The molecule has 0 aliphatic carbocycles. The van der Waals surface area contributed by atoms with Gasteiger partial charge in [0, 0.05) is 25.2 Å². The van der Waals surface area contributed by atoms with Gasteiger partial charge in [-0.1, -0.05) is 32.0 Å². The second-order valence-corrected chi connectivity index (χ2v) is 4.41. The lowest BCUT2D eigenvalue weighted by Gasteiger charge is -2.13. The highest BCUT2D eigenvalue weighted by atomic mass is 16.5. The number of benzene rings is 1. The monoisotopic (exact) mass is 250 g/mol. The molecule has 0 saturated carbocycles. The number of hydrogen-bond donors (Lipinski definition) is 2. The van der Waals surface area contributed by atoms with Crippen LogP contribution in [0, 0.1) is 0 Å². The van der Waals surface area contributed by atoms with E-state index in [1.807, 2.05) is 24.3 Å². The van der Waals surface area contributed by atoms with E-state index in [-0.39, 0.29) is 5.91 Å². The summed E-state index contributed by atoms with van der Waals surface area (Å²) in [5.74, 6) is 0.835. The highest BCUT2D eigenvalue weighted by Gasteiger charge is 2.04. The number of hydrogen-bond acceptors (Lipinski definition) is 3. The van der Waals surface area contributed by atoms with E-state index in [4.69, 9.17) is 4.74 Å². The van der Waals surface area contributed by atoms with Crippen molar-refractivity contribution in [2.75, 3.05) is 13.7 Å². The maximum Gasteiger partial charge on any atom is 0.223 e. The molecule has 0 atom stereocenters. The molecule has 0 aromatic heterocycles. The summed E-state index contributed by atoms with van der Waals surface area (Å²) in [6.45, 7) is 5.39. The summed E-state index contributed by atoms with van der Waals surface area (Å²) in [5.41, 5.74) is 1.11. The van der Waals surface area contributed by atoms with Crippen LogP contribution in [-0.4, -0.2) is 25.6 Å². The standard InChI is InChI=1S/C14H22N2O2/c1-11(2)16-10-12-6-4-5-7-13(12)18-9-8-14(17)15-3/h4-7,11,16H,8-10H2,1-3H3,(H,15,17). The minimum atomic E-state index is -0.00668. The van der Waals surface area contributed by atoms with E-state index in [9.17, 15) is 4.79 Å². The summed E-state index contributed by atoms with van der Waals surface area (Å²) in [6, 6.07) is 8.33. The summed E-state index contributed by atoms with van der Waals surface area (Å²) in [7, 11) is 1.63. The molecule has 0 radical (unpaired) electrons. The van der Waals surface area contributed by atoms with Crippen LogP contribution in [0.4, 0.5) is 0 Å². The second kappa shape index (κ2) is 7.71. The molecule has 0 saturated heterocycles. The van der Waals surface area contributed by atoms with E-state index in [1.54, 1.807) is 7.05 Å². The van der Waals surface area contributed by atoms with Crippen LogP contribution in [0.1, 0.15) is 25.8 Å². The number of carbonyl (C=O) groups is 1. The first-order valence-electron chi connectivity index (χ1n) is 6.28. The molecule has 0 aliphatic heterocycles. The van der Waals surface area contributed by atoms with Gasteiger partial charge >= 0.3 is 0 Å². The number of carbonyl (C=O) groups excluding carboxylic acids is 1. The van der Waals surface area contributed by atoms with Gasteiger partial charge in [-0.2, -0.15) is 0 Å². The van der Waals surface area contributed by atoms with Gasteiger partial charge in [-0.3, -0.25) is 4.79 Å². The van der Waals surface area contributed by atoms with Crippen molar-refractivity contribution in [3.8, 4) is 5.75 Å². The van der Waals surface area contributed by atoms with E-state index >= 15 is 0 Å². The lowest BCUT2D eigenvalue weighted by molar-refractivity contribution is -0.121. The summed E-state index contributed by atoms with van der Waals surface area (Å²) in [6.07, 6.45) is 0.377. The average molecular weight is 250 g/mol. The van der Waals surface area contributed by atoms with Crippen LogP contribution in [0.25, 0.3) is 0 Å². The quantitative estimate of drug-likeness (QED) is 0.774. The van der Waals surface area contributed by atoms with Crippen molar-refractivity contribution in [2.45, 2.75) is 32.9 Å². The number of rotatable bonds is 7. The van der Waals surface area contributed by atoms with Gasteiger partial charge in [-0.25, -0.2) is 0 Å². The molecule has 4 nitrogen and oxygen atoms in total. The molecule has 0 fully saturated rings. The molecule has 0 bridgehead atoms.